The Balaban J connectivity index is 2.73. The summed E-state index contributed by atoms with van der Waals surface area (Å²) in [4.78, 5) is 10.3. The van der Waals surface area contributed by atoms with Gasteiger partial charge in [-0.15, -0.1) is 0 Å². The van der Waals surface area contributed by atoms with E-state index < -0.39 is 14.0 Å². The number of nitrogens with zero attached hydrogens (tertiary/aromatic N) is 1. The largest absolute Gasteiger partial charge is 0.402 e. The van der Waals surface area contributed by atoms with Crippen LogP contribution in [0.1, 0.15) is 32.8 Å². The summed E-state index contributed by atoms with van der Waals surface area (Å²) < 4.78 is 5.99. The molecule has 0 heterocycles. The molecule has 1 rings (SSSR count). The maximum absolute atomic E-state index is 10.7. The van der Waals surface area contributed by atoms with Gasteiger partial charge in [-0.25, -0.2) is 0 Å². The quantitative estimate of drug-likeness (QED) is 0.264. The predicted molar refractivity (Wildman–Crippen MR) is 90.8 cm³/mol. The number of anilines is 1. The SMILES string of the molecule is C[Si](C)OC(CC(C)(C)C)NCc1ccc([N+](=O)[O-])cc1N. The lowest BCUT2D eigenvalue weighted by Crippen LogP contribution is -2.38. The van der Waals surface area contributed by atoms with E-state index >= 15 is 0 Å². The van der Waals surface area contributed by atoms with Crippen LogP contribution >= 0.6 is 0 Å². The molecule has 0 amide bonds. The van der Waals surface area contributed by atoms with Gasteiger partial charge in [0, 0.05) is 24.4 Å². The number of nitrogens with two attached hydrogens (primary N) is 1. The fourth-order valence-electron chi connectivity index (χ4n) is 2.08. The molecule has 22 heavy (non-hydrogen) atoms. The molecule has 0 aliphatic heterocycles. The van der Waals surface area contributed by atoms with Gasteiger partial charge < -0.3 is 10.2 Å². The molecule has 0 aromatic heterocycles. The first-order valence-electron chi connectivity index (χ1n) is 7.31. The predicted octanol–water partition coefficient (Wildman–Crippen LogP) is 3.30. The molecule has 1 atom stereocenters. The topological polar surface area (TPSA) is 90.4 Å². The molecule has 0 saturated heterocycles. The van der Waals surface area contributed by atoms with Crippen molar-refractivity contribution in [2.45, 2.75) is 53.1 Å². The summed E-state index contributed by atoms with van der Waals surface area (Å²) in [5, 5.41) is 14.1. The van der Waals surface area contributed by atoms with Crippen LogP contribution in [0.25, 0.3) is 0 Å². The number of nitrogens with one attached hydrogen (secondary N) is 1. The van der Waals surface area contributed by atoms with E-state index in [1.54, 1.807) is 6.07 Å². The normalized spacial score (nSPS) is 13.4. The summed E-state index contributed by atoms with van der Waals surface area (Å²) in [7, 11) is -0.819. The highest BCUT2D eigenvalue weighted by Crippen LogP contribution is 2.23. The van der Waals surface area contributed by atoms with Crippen LogP contribution in [0.3, 0.4) is 0 Å². The van der Waals surface area contributed by atoms with E-state index in [0.29, 0.717) is 12.2 Å². The smallest absolute Gasteiger partial charge is 0.271 e. The summed E-state index contributed by atoms with van der Waals surface area (Å²) in [6, 6.07) is 4.56. The average Bonchev–Trinajstić information content (AvgIpc) is 2.34. The second-order valence-corrected chi connectivity index (χ2v) is 8.85. The molecule has 123 valence electrons. The summed E-state index contributed by atoms with van der Waals surface area (Å²) in [6.45, 7) is 11.2. The van der Waals surface area contributed by atoms with Gasteiger partial charge in [0.1, 0.15) is 0 Å². The highest BCUT2D eigenvalue weighted by Gasteiger charge is 2.20. The van der Waals surface area contributed by atoms with E-state index in [1.807, 2.05) is 0 Å². The molecule has 0 saturated carbocycles. The minimum atomic E-state index is -0.819. The van der Waals surface area contributed by atoms with Crippen molar-refractivity contribution in [3.63, 3.8) is 0 Å². The molecule has 0 fully saturated rings. The molecular formula is C15H26N3O3Si. The Morgan fingerprint density at radius 2 is 2.05 bits per heavy atom. The lowest BCUT2D eigenvalue weighted by molar-refractivity contribution is -0.384. The molecule has 3 N–H and O–H groups in total. The third-order valence-electron chi connectivity index (χ3n) is 3.04. The Morgan fingerprint density at radius 1 is 1.41 bits per heavy atom. The molecular weight excluding hydrogens is 298 g/mol. The number of non-ortho nitro benzene ring substituents is 1. The van der Waals surface area contributed by atoms with Gasteiger partial charge in [-0.2, -0.15) is 0 Å². The second kappa shape index (κ2) is 7.71. The van der Waals surface area contributed by atoms with Gasteiger partial charge in [-0.05, 0) is 36.6 Å². The number of nitro groups is 1. The Morgan fingerprint density at radius 3 is 2.50 bits per heavy atom. The standard InChI is InChI=1S/C15H26N3O3Si/c1-15(2,3)9-14(21-22(4)5)17-10-11-6-7-12(18(19)20)8-13(11)16/h6-8,14,17H,9-10,16H2,1-5H3. The number of benzene rings is 1. The van der Waals surface area contributed by atoms with E-state index in [9.17, 15) is 10.1 Å². The minimum Gasteiger partial charge on any atom is -0.402 e. The minimum absolute atomic E-state index is 0.0105. The van der Waals surface area contributed by atoms with E-state index in [2.05, 4.69) is 39.2 Å². The van der Waals surface area contributed by atoms with E-state index in [-0.39, 0.29) is 17.3 Å². The van der Waals surface area contributed by atoms with Crippen LogP contribution in [0, 0.1) is 15.5 Å². The molecule has 0 aliphatic carbocycles. The van der Waals surface area contributed by atoms with Crippen molar-refractivity contribution in [2.75, 3.05) is 5.73 Å². The second-order valence-electron chi connectivity index (χ2n) is 6.80. The highest BCUT2D eigenvalue weighted by molar-refractivity contribution is 6.48. The van der Waals surface area contributed by atoms with Crippen LogP contribution < -0.4 is 11.1 Å². The van der Waals surface area contributed by atoms with E-state index in [1.165, 1.54) is 12.1 Å². The zero-order valence-corrected chi connectivity index (χ0v) is 15.0. The lowest BCUT2D eigenvalue weighted by Gasteiger charge is -2.28. The Hall–Kier alpha value is -1.44. The van der Waals surface area contributed by atoms with Gasteiger partial charge in [0.2, 0.25) is 9.04 Å². The summed E-state index contributed by atoms with van der Waals surface area (Å²) in [6.07, 6.45) is 0.842. The van der Waals surface area contributed by atoms with Gasteiger partial charge in [0.15, 0.2) is 0 Å². The first kappa shape index (κ1) is 18.6. The van der Waals surface area contributed by atoms with Crippen molar-refractivity contribution in [1.29, 1.82) is 0 Å². The number of nitro benzene ring substituents is 1. The molecule has 7 heteroatoms. The van der Waals surface area contributed by atoms with Crippen molar-refractivity contribution in [3.05, 3.63) is 33.9 Å². The number of nitrogen functional groups attached to an aromatic ring is 1. The third-order valence-corrected chi connectivity index (χ3v) is 3.79. The van der Waals surface area contributed by atoms with Crippen molar-refractivity contribution in [1.82, 2.24) is 5.32 Å². The van der Waals surface area contributed by atoms with Crippen LogP contribution in [0.5, 0.6) is 0 Å². The molecule has 1 unspecified atom stereocenters. The first-order chi connectivity index (χ1) is 10.1. The first-order valence-corrected chi connectivity index (χ1v) is 9.72. The van der Waals surface area contributed by atoms with E-state index in [0.717, 1.165) is 12.0 Å². The van der Waals surface area contributed by atoms with Gasteiger partial charge in [0.25, 0.3) is 5.69 Å². The zero-order chi connectivity index (χ0) is 16.9. The number of hydrogen-bond donors (Lipinski definition) is 2. The average molecular weight is 324 g/mol. The summed E-state index contributed by atoms with van der Waals surface area (Å²) in [5.41, 5.74) is 7.32. The molecule has 1 aromatic rings. The Bertz CT molecular complexity index is 515. The van der Waals surface area contributed by atoms with Gasteiger partial charge in [-0.1, -0.05) is 20.8 Å². The fourth-order valence-corrected chi connectivity index (χ4v) is 2.81. The van der Waals surface area contributed by atoms with Gasteiger partial charge in [-0.3, -0.25) is 15.4 Å². The molecule has 0 aliphatic rings. The summed E-state index contributed by atoms with van der Waals surface area (Å²) >= 11 is 0. The van der Waals surface area contributed by atoms with Crippen molar-refractivity contribution >= 4 is 20.4 Å². The molecule has 6 nitrogen and oxygen atoms in total. The molecule has 1 radical (unpaired) electrons. The number of hydrogen-bond acceptors (Lipinski definition) is 5. The van der Waals surface area contributed by atoms with Crippen molar-refractivity contribution < 1.29 is 9.35 Å². The molecule has 0 spiro atoms. The maximum atomic E-state index is 10.7. The highest BCUT2D eigenvalue weighted by atomic mass is 28.3. The Kier molecular flexibility index (Phi) is 6.52. The van der Waals surface area contributed by atoms with E-state index in [4.69, 9.17) is 10.2 Å². The molecule has 0 bridgehead atoms. The Labute approximate surface area is 133 Å². The van der Waals surface area contributed by atoms with Crippen molar-refractivity contribution in [2.24, 2.45) is 5.41 Å². The van der Waals surface area contributed by atoms with Crippen LogP contribution in [0.2, 0.25) is 13.1 Å². The zero-order valence-electron chi connectivity index (χ0n) is 14.0. The number of rotatable bonds is 7. The van der Waals surface area contributed by atoms with Crippen LogP contribution in [-0.4, -0.2) is 20.2 Å². The van der Waals surface area contributed by atoms with Gasteiger partial charge >= 0.3 is 0 Å². The fraction of sp³-hybridized carbons (Fsp3) is 0.600. The lowest BCUT2D eigenvalue weighted by atomic mass is 9.91. The van der Waals surface area contributed by atoms with Gasteiger partial charge in [0.05, 0.1) is 11.2 Å². The van der Waals surface area contributed by atoms with Crippen molar-refractivity contribution in [3.8, 4) is 0 Å². The maximum Gasteiger partial charge on any atom is 0.271 e. The van der Waals surface area contributed by atoms with Crippen LogP contribution in [-0.2, 0) is 11.0 Å². The monoisotopic (exact) mass is 324 g/mol. The van der Waals surface area contributed by atoms with Crippen LogP contribution in [0.4, 0.5) is 11.4 Å². The van der Waals surface area contributed by atoms with Crippen LogP contribution in [0.15, 0.2) is 18.2 Å². The molecule has 1 aromatic carbocycles. The third kappa shape index (κ3) is 6.55. The summed E-state index contributed by atoms with van der Waals surface area (Å²) in [5.74, 6) is 0.